The standard InChI is InChI=1S/C62H90N13O14P.Co/c1-29-20-39-40(21-30(29)2)75(28-70-39)57-52(84)53(41(27-76)87-57)89-90(85,86)88-31(3)26-69-49(83)18-19-59(8)37(22-46(66)80)56-62(11)61(10,25-48(68)82)36(14-17-45(65)79)51(74-62)33(5)55-60(9,24-47(67)81)34(12-15-43(63)77)38(71-55)23-42-58(6,7)35(13-16-44(64)78)50(72-42)32(4)54(59)73-56;/h20-21,23,28,31,34-37,41,52-53,56-57,76,84H,12-19,22,24-27H2,1-11H3,(H15,63,64,65,66,67,68,69,71,72,73,74,77,78,79,80,81,82,83,85,86);/q;+2/p-2/t31-,34+,35+,36+,37-,41+,52+,53+,56+,57-,59+,60-,61-,62-;/m0./s1. The minimum Gasteiger partial charge on any atom is -0.756 e. The number of phosphoric ester groups is 1. The van der Waals surface area contributed by atoms with Crippen molar-refractivity contribution < 1.29 is 83.8 Å². The molecule has 2 fully saturated rings. The first-order chi connectivity index (χ1) is 41.8. The molecule has 27 nitrogen and oxygen atoms in total. The number of aryl methyl sites for hydroxylation is 2. The SMILES string of the molecule is C/C1=C2/[N-][C@H]([C@H](CC(N)=O)[C@@]2(C)CCC(=O)NC[C@H](C)OP(=O)([O-])O[C@H]2[C@@H](O)[C@@H](n3cnc4cc(C)c(C)cc43)O[C@@H]2CO)[C@]2(C)N=C(/C(C)=C3N=C(/C=C4N=C1[C@@H](CCC(N)=O)C\4(C)C)[C@@H](CCC(N)=O)[C@]\3(C)CC(N)=O)[C@@H](CCC(N)=O)[C@]2(C)CC(N)=O.[Co+2]. The average Bonchev–Trinajstić information content (AvgIpc) is 1.53. The monoisotopic (exact) mass is 1330 g/mol. The van der Waals surface area contributed by atoms with Crippen LogP contribution in [0.1, 0.15) is 150 Å². The first-order valence-electron chi connectivity index (χ1n) is 30.5. The van der Waals surface area contributed by atoms with Gasteiger partial charge >= 0.3 is 16.8 Å². The largest absolute Gasteiger partial charge is 2.00 e. The van der Waals surface area contributed by atoms with E-state index in [0.29, 0.717) is 56.4 Å². The van der Waals surface area contributed by atoms with Gasteiger partial charge in [-0.2, -0.15) is 5.70 Å². The van der Waals surface area contributed by atoms with E-state index in [9.17, 15) is 53.2 Å². The van der Waals surface area contributed by atoms with Crippen molar-refractivity contribution in [2.45, 2.75) is 189 Å². The predicted molar refractivity (Wildman–Crippen MR) is 332 cm³/mol. The van der Waals surface area contributed by atoms with Crippen LogP contribution in [0.4, 0.5) is 0 Å². The maximum Gasteiger partial charge on any atom is 2.00 e. The molecule has 1 aromatic heterocycles. The molecule has 1 radical (unpaired) electrons. The minimum absolute atomic E-state index is 0. The molecule has 6 aliphatic rings. The minimum atomic E-state index is -5.32. The topological polar surface area (TPSA) is 465 Å². The third kappa shape index (κ3) is 13.8. The Labute approximate surface area is 539 Å². The second kappa shape index (κ2) is 26.8. The molecule has 2 aromatic rings. The molecule has 8 rings (SSSR count). The molecule has 91 heavy (non-hydrogen) atoms. The number of ether oxygens (including phenoxy) is 1. The molecule has 2 saturated heterocycles. The zero-order valence-corrected chi connectivity index (χ0v) is 55.4. The van der Waals surface area contributed by atoms with Gasteiger partial charge < -0.3 is 78.5 Å². The van der Waals surface area contributed by atoms with Gasteiger partial charge in [0.15, 0.2) is 6.23 Å². The molecule has 8 bridgehead atoms. The third-order valence-electron chi connectivity index (χ3n) is 20.5. The van der Waals surface area contributed by atoms with Crippen molar-refractivity contribution in [2.24, 2.45) is 94.7 Å². The summed E-state index contributed by atoms with van der Waals surface area (Å²) in [7, 11) is -5.32. The summed E-state index contributed by atoms with van der Waals surface area (Å²) in [5, 5.41) is 30.1. The van der Waals surface area contributed by atoms with Gasteiger partial charge in [0, 0.05) is 108 Å². The van der Waals surface area contributed by atoms with E-state index in [0.717, 1.165) is 11.1 Å². The number of nitrogens with two attached hydrogens (primary N) is 6. The van der Waals surface area contributed by atoms with E-state index in [1.165, 1.54) is 17.8 Å². The number of phosphoric acid groups is 1. The summed E-state index contributed by atoms with van der Waals surface area (Å²) in [6.45, 7) is 19.0. The summed E-state index contributed by atoms with van der Waals surface area (Å²) < 4.78 is 31.9. The van der Waals surface area contributed by atoms with Gasteiger partial charge in [0.1, 0.15) is 18.3 Å². The molecule has 7 heterocycles. The van der Waals surface area contributed by atoms with Crippen LogP contribution in [-0.4, -0.2) is 127 Å². The Balaban J connectivity index is 0.0000118. The number of imidazole rings is 1. The number of nitrogens with one attached hydrogen (secondary N) is 1. The normalized spacial score (nSPS) is 33.8. The van der Waals surface area contributed by atoms with E-state index in [4.69, 9.17) is 68.5 Å². The van der Waals surface area contributed by atoms with E-state index in [1.54, 1.807) is 6.92 Å². The Morgan fingerprint density at radius 3 is 1.97 bits per heavy atom. The van der Waals surface area contributed by atoms with Gasteiger partial charge in [-0.25, -0.2) is 4.98 Å². The van der Waals surface area contributed by atoms with Crippen molar-refractivity contribution in [3.8, 4) is 0 Å². The van der Waals surface area contributed by atoms with Crippen molar-refractivity contribution in [3.63, 3.8) is 0 Å². The van der Waals surface area contributed by atoms with Gasteiger partial charge in [0.05, 0.1) is 41.3 Å². The van der Waals surface area contributed by atoms with Crippen LogP contribution in [0.5, 0.6) is 0 Å². The van der Waals surface area contributed by atoms with Crippen LogP contribution < -0.4 is 44.6 Å². The molecule has 7 amide bonds. The quantitative estimate of drug-likeness (QED) is 0.0610. The van der Waals surface area contributed by atoms with Crippen LogP contribution in [0, 0.1) is 59.2 Å². The Kier molecular flexibility index (Phi) is 21.2. The van der Waals surface area contributed by atoms with E-state index < -0.39 is 143 Å². The molecule has 499 valence electrons. The molecule has 1 unspecified atom stereocenters. The van der Waals surface area contributed by atoms with E-state index in [1.807, 2.05) is 80.5 Å². The molecule has 0 saturated carbocycles. The first kappa shape index (κ1) is 71.9. The maximum absolute atomic E-state index is 14.4. The number of aromatic nitrogens is 2. The second-order valence-corrected chi connectivity index (χ2v) is 28.3. The van der Waals surface area contributed by atoms with Gasteiger partial charge in [-0.1, -0.05) is 40.7 Å². The molecule has 1 aromatic carbocycles. The first-order valence-corrected chi connectivity index (χ1v) is 32.0. The van der Waals surface area contributed by atoms with Crippen LogP contribution in [-0.2, 0) is 68.7 Å². The fourth-order valence-corrected chi connectivity index (χ4v) is 16.4. The summed E-state index contributed by atoms with van der Waals surface area (Å²) in [6.07, 6.45) is -4.79. The smallest absolute Gasteiger partial charge is 0.756 e. The van der Waals surface area contributed by atoms with Crippen LogP contribution in [0.15, 0.2) is 67.8 Å². The number of hydrogen-bond donors (Lipinski definition) is 9. The molecule has 15 N–H and O–H groups in total. The van der Waals surface area contributed by atoms with E-state index in [2.05, 4.69) is 10.3 Å². The number of aliphatic hydroxyl groups is 2. The van der Waals surface area contributed by atoms with Crippen LogP contribution in [0.3, 0.4) is 0 Å². The Hall–Kier alpha value is -6.49. The van der Waals surface area contributed by atoms with Gasteiger partial charge in [-0.15, -0.1) is 0 Å². The molecule has 15 atom stereocenters. The summed E-state index contributed by atoms with van der Waals surface area (Å²) >= 11 is 0. The van der Waals surface area contributed by atoms with Gasteiger partial charge in [0.25, 0.3) is 7.82 Å². The Morgan fingerprint density at radius 2 is 1.38 bits per heavy atom. The van der Waals surface area contributed by atoms with Gasteiger partial charge in [-0.3, -0.25) is 53.1 Å². The summed E-state index contributed by atoms with van der Waals surface area (Å²) in [4.78, 5) is 128. The number of benzene rings is 1. The molecule has 0 spiro atoms. The molecule has 6 aliphatic heterocycles. The number of fused-ring (bicyclic) bond motifs is 7. The fourth-order valence-electron chi connectivity index (χ4n) is 15.3. The Bertz CT molecular complexity index is 3540. The molecular formula is C62H88CoN13O14P. The zero-order chi connectivity index (χ0) is 66.7. The number of carbonyl (C=O) groups is 7. The number of nitrogens with zero attached hydrogens (tertiary/aromatic N) is 6. The number of amides is 7. The number of carbonyl (C=O) groups excluding carboxylic acids is 7. The zero-order valence-electron chi connectivity index (χ0n) is 53.5. The van der Waals surface area contributed by atoms with Crippen molar-refractivity contribution in [2.75, 3.05) is 13.2 Å². The molecule has 29 heteroatoms. The van der Waals surface area contributed by atoms with Gasteiger partial charge in [-0.05, 0) is 119 Å². The summed E-state index contributed by atoms with van der Waals surface area (Å²) in [6, 6.07) is 2.65. The van der Waals surface area contributed by atoms with Crippen LogP contribution in [0.25, 0.3) is 16.4 Å². The second-order valence-electron chi connectivity index (χ2n) is 27.0. The van der Waals surface area contributed by atoms with Crippen molar-refractivity contribution in [1.29, 1.82) is 0 Å². The average molecular weight is 1330 g/mol. The number of rotatable bonds is 26. The van der Waals surface area contributed by atoms with Crippen molar-refractivity contribution in [3.05, 3.63) is 69.2 Å². The van der Waals surface area contributed by atoms with E-state index >= 15 is 0 Å². The fraction of sp³-hybridized carbons (Fsp3) is 0.629. The molecule has 0 aliphatic carbocycles. The summed E-state index contributed by atoms with van der Waals surface area (Å²) in [5.74, 6) is -7.40. The van der Waals surface area contributed by atoms with E-state index in [-0.39, 0.29) is 94.0 Å². The molecular weight excluding hydrogens is 1240 g/mol. The maximum atomic E-state index is 14.4. The number of hydrogen-bond acceptors (Lipinski definition) is 18. The predicted octanol–water partition coefficient (Wildman–Crippen LogP) is 3.31. The van der Waals surface area contributed by atoms with Crippen LogP contribution >= 0.6 is 7.82 Å². The third-order valence-corrected chi connectivity index (χ3v) is 21.6. The number of primary amides is 6. The van der Waals surface area contributed by atoms with Gasteiger partial charge in [0.2, 0.25) is 41.4 Å². The number of allylic oxidation sites excluding steroid dienone is 6. The number of aliphatic hydroxyl groups excluding tert-OH is 2. The van der Waals surface area contributed by atoms with Crippen molar-refractivity contribution >= 4 is 77.3 Å². The van der Waals surface area contributed by atoms with Crippen molar-refractivity contribution in [1.82, 2.24) is 14.9 Å². The van der Waals surface area contributed by atoms with Crippen LogP contribution in [0.2, 0.25) is 0 Å². The Morgan fingerprint density at radius 1 is 0.791 bits per heavy atom. The summed E-state index contributed by atoms with van der Waals surface area (Å²) in [5.41, 5.74) is 36.7. The number of aliphatic imine (C=N–C) groups is 3.